The minimum atomic E-state index is -0.0964. The van der Waals surface area contributed by atoms with Crippen molar-refractivity contribution in [3.63, 3.8) is 0 Å². The van der Waals surface area contributed by atoms with Gasteiger partial charge in [-0.15, -0.1) is 0 Å². The van der Waals surface area contributed by atoms with Crippen LogP contribution < -0.4 is 5.01 Å². The van der Waals surface area contributed by atoms with Crippen LogP contribution in [0.25, 0.3) is 17.2 Å². The average Bonchev–Trinajstić information content (AvgIpc) is 2.98. The van der Waals surface area contributed by atoms with Crippen LogP contribution in [0.2, 0.25) is 0 Å². The van der Waals surface area contributed by atoms with E-state index in [1.807, 2.05) is 73.7 Å². The van der Waals surface area contributed by atoms with Crippen molar-refractivity contribution in [1.82, 2.24) is 0 Å². The molecule has 1 aliphatic rings. The maximum atomic E-state index is 12.8. The summed E-state index contributed by atoms with van der Waals surface area (Å²) in [5.41, 5.74) is 5.45. The molecule has 4 rings (SSSR count). The number of hydrogen-bond donors (Lipinski definition) is 0. The van der Waals surface area contributed by atoms with Crippen molar-refractivity contribution in [3.8, 4) is 11.1 Å². The smallest absolute Gasteiger partial charge is 0.267 e. The van der Waals surface area contributed by atoms with Gasteiger partial charge in [0.2, 0.25) is 0 Å². The Balaban J connectivity index is 1.61. The van der Waals surface area contributed by atoms with Crippen molar-refractivity contribution in [2.45, 2.75) is 6.92 Å². The van der Waals surface area contributed by atoms with Crippen LogP contribution in [-0.4, -0.2) is 11.6 Å². The molecule has 0 aromatic heterocycles. The van der Waals surface area contributed by atoms with Gasteiger partial charge in [-0.05, 0) is 41.8 Å². The minimum Gasteiger partial charge on any atom is -0.267 e. The molecule has 0 bridgehead atoms. The van der Waals surface area contributed by atoms with Gasteiger partial charge < -0.3 is 0 Å². The van der Waals surface area contributed by atoms with Gasteiger partial charge in [0.15, 0.2) is 0 Å². The zero-order valence-electron chi connectivity index (χ0n) is 14.5. The molecule has 3 heteroatoms. The minimum absolute atomic E-state index is 0.0964. The third-order valence-electron chi connectivity index (χ3n) is 4.39. The van der Waals surface area contributed by atoms with E-state index < -0.39 is 0 Å². The largest absolute Gasteiger partial charge is 0.280 e. The predicted molar refractivity (Wildman–Crippen MR) is 107 cm³/mol. The number of hydrazone groups is 1. The topological polar surface area (TPSA) is 32.7 Å². The normalized spacial score (nSPS) is 15.4. The van der Waals surface area contributed by atoms with E-state index in [0.29, 0.717) is 5.57 Å². The van der Waals surface area contributed by atoms with Gasteiger partial charge in [-0.2, -0.15) is 10.1 Å². The lowest BCUT2D eigenvalue weighted by atomic mass is 10.0. The van der Waals surface area contributed by atoms with Crippen molar-refractivity contribution in [1.29, 1.82) is 0 Å². The predicted octanol–water partition coefficient (Wildman–Crippen LogP) is 5.16. The van der Waals surface area contributed by atoms with E-state index in [1.54, 1.807) is 0 Å². The molecule has 0 radical (unpaired) electrons. The molecule has 0 spiro atoms. The Morgan fingerprint density at radius 3 is 2.00 bits per heavy atom. The highest BCUT2D eigenvalue weighted by Gasteiger charge is 2.28. The first-order chi connectivity index (χ1) is 12.7. The molecule has 0 aliphatic carbocycles. The van der Waals surface area contributed by atoms with Crippen LogP contribution in [0.5, 0.6) is 0 Å². The Bertz CT molecular complexity index is 987. The molecule has 26 heavy (non-hydrogen) atoms. The Morgan fingerprint density at radius 1 is 0.769 bits per heavy atom. The van der Waals surface area contributed by atoms with Crippen molar-refractivity contribution in [2.75, 3.05) is 5.01 Å². The monoisotopic (exact) mass is 338 g/mol. The summed E-state index contributed by atoms with van der Waals surface area (Å²) in [7, 11) is 0. The number of benzene rings is 3. The molecule has 0 saturated heterocycles. The Morgan fingerprint density at radius 2 is 1.35 bits per heavy atom. The molecule has 3 aromatic carbocycles. The first-order valence-electron chi connectivity index (χ1n) is 8.55. The van der Waals surface area contributed by atoms with Crippen molar-refractivity contribution < 1.29 is 4.79 Å². The summed E-state index contributed by atoms with van der Waals surface area (Å²) in [4.78, 5) is 12.8. The Hall–Kier alpha value is -3.46. The molecule has 0 atom stereocenters. The summed E-state index contributed by atoms with van der Waals surface area (Å²) in [6, 6.07) is 27.9. The zero-order valence-corrected chi connectivity index (χ0v) is 14.5. The molecule has 0 fully saturated rings. The molecule has 0 N–H and O–H groups in total. The van der Waals surface area contributed by atoms with E-state index in [0.717, 1.165) is 22.5 Å². The molecular weight excluding hydrogens is 320 g/mol. The molecule has 3 nitrogen and oxygen atoms in total. The van der Waals surface area contributed by atoms with Crippen molar-refractivity contribution in [2.24, 2.45) is 5.10 Å². The molecule has 126 valence electrons. The fraction of sp³-hybridized carbons (Fsp3) is 0.0435. The second-order valence-corrected chi connectivity index (χ2v) is 6.18. The molecule has 0 saturated carbocycles. The summed E-state index contributed by atoms with van der Waals surface area (Å²) in [5.74, 6) is -0.0964. The Labute approximate surface area is 152 Å². The SMILES string of the molecule is CC1=NN(c2ccccc2)C(=O)/C1=C/c1ccc(-c2ccccc2)cc1. The van der Waals surface area contributed by atoms with Crippen LogP contribution >= 0.6 is 0 Å². The lowest BCUT2D eigenvalue weighted by molar-refractivity contribution is -0.114. The summed E-state index contributed by atoms with van der Waals surface area (Å²) in [6.07, 6.45) is 1.90. The number of hydrogen-bond acceptors (Lipinski definition) is 2. The average molecular weight is 338 g/mol. The standard InChI is InChI=1S/C23H18N2O/c1-17-22(23(26)25(24-17)21-10-6-3-7-11-21)16-18-12-14-20(15-13-18)19-8-4-2-5-9-19/h2-16H,1H3/b22-16+. The lowest BCUT2D eigenvalue weighted by Gasteiger charge is -2.11. The number of carbonyl (C=O) groups excluding carboxylic acids is 1. The molecular formula is C23H18N2O. The van der Waals surface area contributed by atoms with Crippen LogP contribution in [0.15, 0.2) is 95.6 Å². The van der Waals surface area contributed by atoms with Gasteiger partial charge >= 0.3 is 0 Å². The summed E-state index contributed by atoms with van der Waals surface area (Å²) in [6.45, 7) is 1.87. The van der Waals surface area contributed by atoms with Crippen LogP contribution in [0.1, 0.15) is 12.5 Å². The van der Waals surface area contributed by atoms with E-state index in [9.17, 15) is 4.79 Å². The first-order valence-corrected chi connectivity index (χ1v) is 8.55. The van der Waals surface area contributed by atoms with Crippen molar-refractivity contribution in [3.05, 3.63) is 96.1 Å². The van der Waals surface area contributed by atoms with Crippen LogP contribution in [0.3, 0.4) is 0 Å². The van der Waals surface area contributed by atoms with Crippen LogP contribution in [0, 0.1) is 0 Å². The van der Waals surface area contributed by atoms with Crippen molar-refractivity contribution >= 4 is 23.4 Å². The third kappa shape index (κ3) is 3.07. The molecule has 1 aliphatic heterocycles. The van der Waals surface area contributed by atoms with Gasteiger partial charge in [0, 0.05) is 0 Å². The van der Waals surface area contributed by atoms with Gasteiger partial charge in [0.25, 0.3) is 5.91 Å². The molecule has 1 heterocycles. The van der Waals surface area contributed by atoms with Gasteiger partial charge in [0.1, 0.15) is 0 Å². The fourth-order valence-electron chi connectivity index (χ4n) is 3.00. The van der Waals surface area contributed by atoms with Gasteiger partial charge in [-0.1, -0.05) is 72.8 Å². The first kappa shape index (κ1) is 16.0. The van der Waals surface area contributed by atoms with E-state index in [4.69, 9.17) is 0 Å². The highest BCUT2D eigenvalue weighted by atomic mass is 16.2. The second-order valence-electron chi connectivity index (χ2n) is 6.18. The number of nitrogens with zero attached hydrogens (tertiary/aromatic N) is 2. The summed E-state index contributed by atoms with van der Waals surface area (Å²) in [5, 5.41) is 5.87. The summed E-state index contributed by atoms with van der Waals surface area (Å²) < 4.78 is 0. The molecule has 3 aromatic rings. The van der Waals surface area contributed by atoms with Gasteiger partial charge in [-0.3, -0.25) is 4.79 Å². The quantitative estimate of drug-likeness (QED) is 0.607. The maximum Gasteiger partial charge on any atom is 0.280 e. The van der Waals surface area contributed by atoms with E-state index >= 15 is 0 Å². The highest BCUT2D eigenvalue weighted by Crippen LogP contribution is 2.25. The number of anilines is 1. The van der Waals surface area contributed by atoms with E-state index in [-0.39, 0.29) is 5.91 Å². The van der Waals surface area contributed by atoms with Gasteiger partial charge in [0.05, 0.1) is 17.0 Å². The number of carbonyl (C=O) groups is 1. The van der Waals surface area contributed by atoms with Gasteiger partial charge in [-0.25, -0.2) is 0 Å². The highest BCUT2D eigenvalue weighted by molar-refractivity contribution is 6.32. The molecule has 0 unspecified atom stereocenters. The zero-order chi connectivity index (χ0) is 17.9. The lowest BCUT2D eigenvalue weighted by Crippen LogP contribution is -2.21. The fourth-order valence-corrected chi connectivity index (χ4v) is 3.00. The third-order valence-corrected chi connectivity index (χ3v) is 4.39. The van der Waals surface area contributed by atoms with E-state index in [2.05, 4.69) is 29.4 Å². The molecule has 1 amide bonds. The number of para-hydroxylation sites is 1. The Kier molecular flexibility index (Phi) is 4.20. The maximum absolute atomic E-state index is 12.8. The number of rotatable bonds is 3. The second kappa shape index (κ2) is 6.81. The van der Waals surface area contributed by atoms with Crippen LogP contribution in [-0.2, 0) is 4.79 Å². The number of amides is 1. The summed E-state index contributed by atoms with van der Waals surface area (Å²) >= 11 is 0. The van der Waals surface area contributed by atoms with Crippen LogP contribution in [0.4, 0.5) is 5.69 Å². The van der Waals surface area contributed by atoms with E-state index in [1.165, 1.54) is 10.6 Å².